The Labute approximate surface area is 342 Å². The van der Waals surface area contributed by atoms with E-state index >= 15 is 0 Å². The van der Waals surface area contributed by atoms with Crippen LogP contribution >= 0.6 is 0 Å². The molecule has 0 aromatic rings. The lowest BCUT2D eigenvalue weighted by Crippen LogP contribution is -2.30. The molecule has 326 valence electrons. The molecule has 1 atom stereocenters. The minimum Gasteiger partial charge on any atom is -0.462 e. The van der Waals surface area contributed by atoms with E-state index in [-0.39, 0.29) is 31.1 Å². The van der Waals surface area contributed by atoms with Gasteiger partial charge in [-0.3, -0.25) is 14.4 Å². The Morgan fingerprint density at radius 3 is 0.891 bits per heavy atom. The lowest BCUT2D eigenvalue weighted by Gasteiger charge is -2.18. The summed E-state index contributed by atoms with van der Waals surface area (Å²) in [5.41, 5.74) is 0. The van der Waals surface area contributed by atoms with Gasteiger partial charge in [-0.25, -0.2) is 0 Å². The minimum atomic E-state index is -0.759. The largest absolute Gasteiger partial charge is 0.462 e. The average molecular weight is 779 g/mol. The van der Waals surface area contributed by atoms with Gasteiger partial charge in [0.2, 0.25) is 0 Å². The molecular formula is C49H94O6. The van der Waals surface area contributed by atoms with Gasteiger partial charge in [-0.05, 0) is 31.1 Å². The third kappa shape index (κ3) is 43.4. The van der Waals surface area contributed by atoms with Crippen LogP contribution in [0.4, 0.5) is 0 Å². The van der Waals surface area contributed by atoms with Gasteiger partial charge in [0.25, 0.3) is 0 Å². The molecule has 0 heterocycles. The topological polar surface area (TPSA) is 78.9 Å². The Bertz CT molecular complexity index is 839. The molecule has 0 amide bonds. The number of rotatable bonds is 43. The summed E-state index contributed by atoms with van der Waals surface area (Å²) in [4.78, 5) is 37.6. The van der Waals surface area contributed by atoms with E-state index in [4.69, 9.17) is 14.2 Å². The first-order valence-electron chi connectivity index (χ1n) is 24.2. The first kappa shape index (κ1) is 53.4. The number of esters is 3. The van der Waals surface area contributed by atoms with Crippen LogP contribution in [0, 0.1) is 11.8 Å². The van der Waals surface area contributed by atoms with Crippen molar-refractivity contribution in [3.8, 4) is 0 Å². The van der Waals surface area contributed by atoms with Gasteiger partial charge in [-0.2, -0.15) is 0 Å². The van der Waals surface area contributed by atoms with Crippen molar-refractivity contribution in [2.75, 3.05) is 13.2 Å². The number of carbonyl (C=O) groups is 3. The zero-order valence-corrected chi connectivity index (χ0v) is 37.6. The van der Waals surface area contributed by atoms with Crippen molar-refractivity contribution >= 4 is 17.9 Å². The van der Waals surface area contributed by atoms with Crippen molar-refractivity contribution in [2.24, 2.45) is 11.8 Å². The molecular weight excluding hydrogens is 685 g/mol. The zero-order chi connectivity index (χ0) is 40.5. The molecule has 0 spiro atoms. The lowest BCUT2D eigenvalue weighted by atomic mass is 10.0. The summed E-state index contributed by atoms with van der Waals surface area (Å²) in [5, 5.41) is 0. The zero-order valence-electron chi connectivity index (χ0n) is 37.6. The van der Waals surface area contributed by atoms with E-state index in [2.05, 4.69) is 34.6 Å². The summed E-state index contributed by atoms with van der Waals surface area (Å²) in [6, 6.07) is 0. The predicted octanol–water partition coefficient (Wildman–Crippen LogP) is 15.4. The maximum absolute atomic E-state index is 12.6. The van der Waals surface area contributed by atoms with Crippen LogP contribution in [0.25, 0.3) is 0 Å². The van der Waals surface area contributed by atoms with Gasteiger partial charge in [0.1, 0.15) is 13.2 Å². The summed E-state index contributed by atoms with van der Waals surface area (Å²) in [6.45, 7) is 11.3. The molecule has 55 heavy (non-hydrogen) atoms. The molecule has 0 aliphatic rings. The summed E-state index contributed by atoms with van der Waals surface area (Å²) in [6.07, 6.45) is 41.3. The second kappa shape index (κ2) is 42.0. The van der Waals surface area contributed by atoms with E-state index in [9.17, 15) is 14.4 Å². The number of ether oxygens (including phenoxy) is 3. The van der Waals surface area contributed by atoms with Crippen LogP contribution in [0.15, 0.2) is 0 Å². The molecule has 0 fully saturated rings. The van der Waals surface area contributed by atoms with E-state index in [1.807, 2.05) is 0 Å². The molecule has 0 radical (unpaired) electrons. The van der Waals surface area contributed by atoms with Gasteiger partial charge in [-0.1, -0.05) is 227 Å². The molecule has 0 unspecified atom stereocenters. The minimum absolute atomic E-state index is 0.0655. The SMILES string of the molecule is CCCCCCCCCC(=O)O[C@@H](COC(=O)CCCCCCCCCCCCCCCCCCCCC(C)C)COC(=O)CCCCCCCCC(C)C. The highest BCUT2D eigenvalue weighted by atomic mass is 16.6. The standard InChI is InChI=1S/C49H94O6/c1-6-7-8-9-22-31-36-41-49(52)55-46(43-54-48(51)40-35-30-26-25-28-33-38-45(4)5)42-53-47(50)39-34-29-24-21-19-17-15-13-11-10-12-14-16-18-20-23-27-32-37-44(2)3/h44-46H,6-43H2,1-5H3/t46-/m0/s1. The molecule has 0 rings (SSSR count). The highest BCUT2D eigenvalue weighted by Gasteiger charge is 2.19. The van der Waals surface area contributed by atoms with Gasteiger partial charge in [0, 0.05) is 19.3 Å². The van der Waals surface area contributed by atoms with Crippen LogP contribution in [-0.4, -0.2) is 37.2 Å². The van der Waals surface area contributed by atoms with Crippen molar-refractivity contribution in [2.45, 2.75) is 272 Å². The summed E-state index contributed by atoms with van der Waals surface area (Å²) < 4.78 is 16.7. The van der Waals surface area contributed by atoms with Crippen LogP contribution in [-0.2, 0) is 28.6 Å². The Hall–Kier alpha value is -1.59. The molecule has 0 aliphatic heterocycles. The smallest absolute Gasteiger partial charge is 0.306 e. The molecule has 6 nitrogen and oxygen atoms in total. The van der Waals surface area contributed by atoms with E-state index < -0.39 is 6.10 Å². The fourth-order valence-corrected chi connectivity index (χ4v) is 7.28. The average Bonchev–Trinajstić information content (AvgIpc) is 3.15. The van der Waals surface area contributed by atoms with Crippen LogP contribution in [0.3, 0.4) is 0 Å². The fourth-order valence-electron chi connectivity index (χ4n) is 7.28. The number of unbranched alkanes of at least 4 members (excludes halogenated alkanes) is 28. The van der Waals surface area contributed by atoms with Gasteiger partial charge in [-0.15, -0.1) is 0 Å². The quantitative estimate of drug-likeness (QED) is 0.0348. The third-order valence-electron chi connectivity index (χ3n) is 11.0. The normalized spacial score (nSPS) is 12.1. The maximum Gasteiger partial charge on any atom is 0.306 e. The second-order valence-electron chi connectivity index (χ2n) is 17.7. The summed E-state index contributed by atoms with van der Waals surface area (Å²) >= 11 is 0. The molecule has 0 N–H and O–H groups in total. The Morgan fingerprint density at radius 1 is 0.345 bits per heavy atom. The lowest BCUT2D eigenvalue weighted by molar-refractivity contribution is -0.167. The predicted molar refractivity (Wildman–Crippen MR) is 233 cm³/mol. The monoisotopic (exact) mass is 779 g/mol. The van der Waals surface area contributed by atoms with Crippen LogP contribution in [0.2, 0.25) is 0 Å². The van der Waals surface area contributed by atoms with E-state index in [0.29, 0.717) is 19.3 Å². The van der Waals surface area contributed by atoms with Gasteiger partial charge in [0.15, 0.2) is 6.10 Å². The van der Waals surface area contributed by atoms with Gasteiger partial charge in [0.05, 0.1) is 0 Å². The van der Waals surface area contributed by atoms with Crippen LogP contribution in [0.1, 0.15) is 266 Å². The maximum atomic E-state index is 12.6. The Balaban J connectivity index is 4.08. The number of hydrogen-bond donors (Lipinski definition) is 0. The molecule has 0 aliphatic carbocycles. The molecule has 0 bridgehead atoms. The van der Waals surface area contributed by atoms with E-state index in [1.54, 1.807) is 0 Å². The van der Waals surface area contributed by atoms with Crippen molar-refractivity contribution < 1.29 is 28.6 Å². The highest BCUT2D eigenvalue weighted by Crippen LogP contribution is 2.17. The van der Waals surface area contributed by atoms with Gasteiger partial charge >= 0.3 is 17.9 Å². The molecule has 0 aromatic carbocycles. The number of hydrogen-bond acceptors (Lipinski definition) is 6. The highest BCUT2D eigenvalue weighted by molar-refractivity contribution is 5.71. The van der Waals surface area contributed by atoms with Crippen molar-refractivity contribution in [1.29, 1.82) is 0 Å². The van der Waals surface area contributed by atoms with Crippen molar-refractivity contribution in [1.82, 2.24) is 0 Å². The molecule has 0 saturated heterocycles. The van der Waals surface area contributed by atoms with Crippen LogP contribution < -0.4 is 0 Å². The van der Waals surface area contributed by atoms with E-state index in [1.165, 1.54) is 154 Å². The molecule has 0 aromatic heterocycles. The second-order valence-corrected chi connectivity index (χ2v) is 17.7. The van der Waals surface area contributed by atoms with Crippen molar-refractivity contribution in [3.63, 3.8) is 0 Å². The fraction of sp³-hybridized carbons (Fsp3) is 0.939. The first-order chi connectivity index (χ1) is 26.7. The van der Waals surface area contributed by atoms with E-state index in [0.717, 1.165) is 69.6 Å². The molecule has 6 heteroatoms. The number of carbonyl (C=O) groups excluding carboxylic acids is 3. The Kier molecular flexibility index (Phi) is 40.8. The molecule has 0 saturated carbocycles. The third-order valence-corrected chi connectivity index (χ3v) is 11.0. The van der Waals surface area contributed by atoms with Gasteiger partial charge < -0.3 is 14.2 Å². The van der Waals surface area contributed by atoms with Crippen LogP contribution in [0.5, 0.6) is 0 Å². The first-order valence-corrected chi connectivity index (χ1v) is 24.2. The summed E-state index contributed by atoms with van der Waals surface area (Å²) in [7, 11) is 0. The Morgan fingerprint density at radius 2 is 0.600 bits per heavy atom. The van der Waals surface area contributed by atoms with Crippen molar-refractivity contribution in [3.05, 3.63) is 0 Å². The summed E-state index contributed by atoms with van der Waals surface area (Å²) in [5.74, 6) is 0.757.